The van der Waals surface area contributed by atoms with Crippen LogP contribution < -0.4 is 10.6 Å². The third kappa shape index (κ3) is 3.77. The van der Waals surface area contributed by atoms with Crippen LogP contribution in [0.5, 0.6) is 0 Å². The molecule has 19 heavy (non-hydrogen) atoms. The summed E-state index contributed by atoms with van der Waals surface area (Å²) >= 11 is 5.76. The zero-order valence-electron chi connectivity index (χ0n) is 10.3. The number of benzene rings is 1. The van der Waals surface area contributed by atoms with Crippen LogP contribution in [-0.4, -0.2) is 33.7 Å². The second-order valence-electron chi connectivity index (χ2n) is 3.81. The van der Waals surface area contributed by atoms with Gasteiger partial charge in [-0.3, -0.25) is 0 Å². The van der Waals surface area contributed by atoms with Crippen LogP contribution in [0.2, 0.25) is 5.28 Å². The molecule has 0 saturated carbocycles. The number of aromatic nitrogens is 3. The molecule has 0 amide bonds. The number of hydrogen-bond donors (Lipinski definition) is 3. The first-order valence-electron chi connectivity index (χ1n) is 5.75. The number of halogens is 1. The third-order valence-electron chi connectivity index (χ3n) is 2.47. The number of aliphatic hydroxyl groups is 1. The van der Waals surface area contributed by atoms with Crippen LogP contribution in [0.4, 0.5) is 11.9 Å². The molecule has 1 aromatic heterocycles. The van der Waals surface area contributed by atoms with Gasteiger partial charge in [-0.2, -0.15) is 15.0 Å². The summed E-state index contributed by atoms with van der Waals surface area (Å²) in [7, 11) is 1.69. The van der Waals surface area contributed by atoms with Crippen molar-refractivity contribution >= 4 is 23.5 Å². The third-order valence-corrected chi connectivity index (χ3v) is 2.64. The standard InChI is InChI=1S/C12H14ClN5O/c1-14-11-16-10(13)17-12(18-11)15-7-9(19)8-5-3-2-4-6-8/h2-6,9,19H,7H2,1H3,(H2,14,15,16,17,18). The maximum Gasteiger partial charge on any atom is 0.228 e. The molecule has 6 nitrogen and oxygen atoms in total. The van der Waals surface area contributed by atoms with Crippen molar-refractivity contribution < 1.29 is 5.11 Å². The van der Waals surface area contributed by atoms with Crippen molar-refractivity contribution in [1.29, 1.82) is 0 Å². The lowest BCUT2D eigenvalue weighted by atomic mass is 10.1. The minimum absolute atomic E-state index is 0.0936. The Morgan fingerprint density at radius 2 is 1.84 bits per heavy atom. The molecule has 1 heterocycles. The van der Waals surface area contributed by atoms with E-state index < -0.39 is 6.10 Å². The Hall–Kier alpha value is -1.92. The number of rotatable bonds is 5. The molecule has 1 unspecified atom stereocenters. The van der Waals surface area contributed by atoms with Crippen LogP contribution in [0, 0.1) is 0 Å². The number of nitrogens with zero attached hydrogens (tertiary/aromatic N) is 3. The average Bonchev–Trinajstić information content (AvgIpc) is 2.45. The topological polar surface area (TPSA) is 83.0 Å². The molecule has 0 aliphatic rings. The highest BCUT2D eigenvalue weighted by Crippen LogP contribution is 2.14. The van der Waals surface area contributed by atoms with E-state index in [0.29, 0.717) is 11.9 Å². The number of nitrogens with one attached hydrogen (secondary N) is 2. The van der Waals surface area contributed by atoms with Crippen LogP contribution in [-0.2, 0) is 0 Å². The molecule has 0 saturated heterocycles. The van der Waals surface area contributed by atoms with E-state index in [4.69, 9.17) is 11.6 Å². The van der Waals surface area contributed by atoms with Crippen LogP contribution >= 0.6 is 11.6 Å². The van der Waals surface area contributed by atoms with E-state index in [2.05, 4.69) is 25.6 Å². The average molecular weight is 280 g/mol. The lowest BCUT2D eigenvalue weighted by Gasteiger charge is -2.12. The molecular formula is C12H14ClN5O. The van der Waals surface area contributed by atoms with Crippen molar-refractivity contribution in [3.05, 3.63) is 41.2 Å². The summed E-state index contributed by atoms with van der Waals surface area (Å²) in [4.78, 5) is 11.9. The molecule has 1 aromatic carbocycles. The highest BCUT2D eigenvalue weighted by Gasteiger charge is 2.08. The van der Waals surface area contributed by atoms with Gasteiger partial charge in [-0.1, -0.05) is 30.3 Å². The van der Waals surface area contributed by atoms with Gasteiger partial charge in [0.1, 0.15) is 0 Å². The fraction of sp³-hybridized carbons (Fsp3) is 0.250. The van der Waals surface area contributed by atoms with Crippen molar-refractivity contribution in [2.45, 2.75) is 6.10 Å². The number of anilines is 2. The van der Waals surface area contributed by atoms with E-state index in [0.717, 1.165) is 5.56 Å². The highest BCUT2D eigenvalue weighted by atomic mass is 35.5. The first-order chi connectivity index (χ1) is 9.19. The summed E-state index contributed by atoms with van der Waals surface area (Å²) in [6.07, 6.45) is -0.644. The smallest absolute Gasteiger partial charge is 0.228 e. The number of aliphatic hydroxyl groups excluding tert-OH is 1. The predicted molar refractivity (Wildman–Crippen MR) is 74.3 cm³/mol. The van der Waals surface area contributed by atoms with Crippen molar-refractivity contribution in [1.82, 2.24) is 15.0 Å². The SMILES string of the molecule is CNc1nc(Cl)nc(NCC(O)c2ccccc2)n1. The lowest BCUT2D eigenvalue weighted by Crippen LogP contribution is -2.14. The minimum atomic E-state index is -0.644. The largest absolute Gasteiger partial charge is 0.387 e. The van der Waals surface area contributed by atoms with Crippen LogP contribution in [0.25, 0.3) is 0 Å². The van der Waals surface area contributed by atoms with Gasteiger partial charge in [-0.05, 0) is 17.2 Å². The molecule has 2 rings (SSSR count). The maximum atomic E-state index is 10.00. The molecule has 0 radical (unpaired) electrons. The summed E-state index contributed by atoms with van der Waals surface area (Å²) in [6, 6.07) is 9.35. The Kier molecular flexibility index (Phi) is 4.48. The van der Waals surface area contributed by atoms with Crippen molar-refractivity contribution in [2.75, 3.05) is 24.2 Å². The molecule has 2 aromatic rings. The maximum absolute atomic E-state index is 10.00. The Labute approximate surface area is 115 Å². The second kappa shape index (κ2) is 6.31. The van der Waals surface area contributed by atoms with E-state index in [1.165, 1.54) is 0 Å². The molecule has 7 heteroatoms. The Bertz CT molecular complexity index is 537. The lowest BCUT2D eigenvalue weighted by molar-refractivity contribution is 0.191. The van der Waals surface area contributed by atoms with Crippen molar-refractivity contribution in [3.8, 4) is 0 Å². The summed E-state index contributed by atoms with van der Waals surface area (Å²) in [5, 5.41) is 15.8. The molecule has 0 spiro atoms. The molecule has 100 valence electrons. The molecule has 0 aliphatic carbocycles. The van der Waals surface area contributed by atoms with Crippen molar-refractivity contribution in [2.24, 2.45) is 0 Å². The monoisotopic (exact) mass is 279 g/mol. The van der Waals surface area contributed by atoms with Gasteiger partial charge in [0, 0.05) is 13.6 Å². The second-order valence-corrected chi connectivity index (χ2v) is 4.15. The molecule has 0 aliphatic heterocycles. The highest BCUT2D eigenvalue weighted by molar-refractivity contribution is 6.28. The Morgan fingerprint density at radius 3 is 2.53 bits per heavy atom. The van der Waals surface area contributed by atoms with Gasteiger partial charge >= 0.3 is 0 Å². The Balaban J connectivity index is 2.01. The first kappa shape index (κ1) is 13.5. The molecule has 0 bridgehead atoms. The van der Waals surface area contributed by atoms with E-state index in [1.807, 2.05) is 30.3 Å². The predicted octanol–water partition coefficient (Wildman–Crippen LogP) is 1.71. The van der Waals surface area contributed by atoms with Gasteiger partial charge in [0.2, 0.25) is 17.2 Å². The number of hydrogen-bond acceptors (Lipinski definition) is 6. The molecule has 3 N–H and O–H groups in total. The van der Waals surface area contributed by atoms with Crippen LogP contribution in [0.1, 0.15) is 11.7 Å². The van der Waals surface area contributed by atoms with Gasteiger partial charge in [-0.25, -0.2) is 0 Å². The summed E-state index contributed by atoms with van der Waals surface area (Å²) in [6.45, 7) is 0.285. The van der Waals surface area contributed by atoms with Crippen molar-refractivity contribution in [3.63, 3.8) is 0 Å². The zero-order chi connectivity index (χ0) is 13.7. The summed E-state index contributed by atoms with van der Waals surface area (Å²) < 4.78 is 0. The summed E-state index contributed by atoms with van der Waals surface area (Å²) in [5.74, 6) is 0.691. The molecule has 0 fully saturated rings. The van der Waals surface area contributed by atoms with E-state index in [1.54, 1.807) is 7.05 Å². The van der Waals surface area contributed by atoms with Gasteiger partial charge in [-0.15, -0.1) is 0 Å². The fourth-order valence-corrected chi connectivity index (χ4v) is 1.68. The van der Waals surface area contributed by atoms with E-state index in [-0.39, 0.29) is 11.8 Å². The van der Waals surface area contributed by atoms with Crippen LogP contribution in [0.3, 0.4) is 0 Å². The first-order valence-corrected chi connectivity index (χ1v) is 6.13. The fourth-order valence-electron chi connectivity index (χ4n) is 1.52. The zero-order valence-corrected chi connectivity index (χ0v) is 11.1. The summed E-state index contributed by atoms with van der Waals surface area (Å²) in [5.41, 5.74) is 0.823. The van der Waals surface area contributed by atoms with E-state index in [9.17, 15) is 5.11 Å². The van der Waals surface area contributed by atoms with Gasteiger partial charge < -0.3 is 15.7 Å². The van der Waals surface area contributed by atoms with Gasteiger partial charge in [0.25, 0.3) is 0 Å². The minimum Gasteiger partial charge on any atom is -0.387 e. The normalized spacial score (nSPS) is 11.9. The van der Waals surface area contributed by atoms with Gasteiger partial charge in [0.05, 0.1) is 6.10 Å². The Morgan fingerprint density at radius 1 is 1.16 bits per heavy atom. The quantitative estimate of drug-likeness (QED) is 0.773. The van der Waals surface area contributed by atoms with Gasteiger partial charge in [0.15, 0.2) is 0 Å². The molecule has 1 atom stereocenters. The molecular weight excluding hydrogens is 266 g/mol. The van der Waals surface area contributed by atoms with E-state index >= 15 is 0 Å². The van der Waals surface area contributed by atoms with Crippen LogP contribution in [0.15, 0.2) is 30.3 Å².